The number of pyridine rings is 1. The maximum atomic E-state index is 12.7. The fraction of sp³-hybridized carbons (Fsp3) is 0.0769. The molecular weight excluding hydrogens is 249 g/mol. The van der Waals surface area contributed by atoms with E-state index in [9.17, 15) is 9.18 Å². The molecule has 0 aliphatic rings. The number of nitrogen functional groups attached to an aromatic ring is 1. The molecular formula is C13H12FN3O2. The number of amides is 1. The van der Waals surface area contributed by atoms with Crippen LogP contribution in [0, 0.1) is 5.82 Å². The molecule has 5 nitrogen and oxygen atoms in total. The van der Waals surface area contributed by atoms with Crippen LogP contribution in [0.5, 0.6) is 5.75 Å². The zero-order chi connectivity index (χ0) is 13.8. The van der Waals surface area contributed by atoms with Crippen LogP contribution in [0.3, 0.4) is 0 Å². The van der Waals surface area contributed by atoms with Gasteiger partial charge in [0.2, 0.25) is 0 Å². The quantitative estimate of drug-likeness (QED) is 0.829. The third kappa shape index (κ3) is 2.79. The first kappa shape index (κ1) is 12.8. The number of para-hydroxylation sites is 1. The topological polar surface area (TPSA) is 77.2 Å². The first-order valence-electron chi connectivity index (χ1n) is 5.47. The normalized spacial score (nSPS) is 10.0. The van der Waals surface area contributed by atoms with E-state index in [4.69, 9.17) is 10.5 Å². The number of aromatic nitrogens is 1. The first-order chi connectivity index (χ1) is 9.11. The maximum absolute atomic E-state index is 12.7. The summed E-state index contributed by atoms with van der Waals surface area (Å²) in [5.74, 6) is -0.247. The van der Waals surface area contributed by atoms with Gasteiger partial charge in [-0.15, -0.1) is 0 Å². The zero-order valence-electron chi connectivity index (χ0n) is 10.2. The van der Waals surface area contributed by atoms with Gasteiger partial charge in [0.25, 0.3) is 5.91 Å². The molecule has 0 fully saturated rings. The molecule has 1 aromatic heterocycles. The molecule has 0 unspecified atom stereocenters. The molecule has 0 atom stereocenters. The van der Waals surface area contributed by atoms with Crippen molar-refractivity contribution in [2.24, 2.45) is 0 Å². The van der Waals surface area contributed by atoms with Crippen LogP contribution in [0.15, 0.2) is 36.5 Å². The summed E-state index contributed by atoms with van der Waals surface area (Å²) in [5.41, 5.74) is 6.32. The highest BCUT2D eigenvalue weighted by Gasteiger charge is 2.13. The van der Waals surface area contributed by atoms with Gasteiger partial charge < -0.3 is 15.8 Å². The Morgan fingerprint density at radius 3 is 2.79 bits per heavy atom. The van der Waals surface area contributed by atoms with Crippen molar-refractivity contribution in [3.8, 4) is 5.75 Å². The van der Waals surface area contributed by atoms with Crippen molar-refractivity contribution in [1.82, 2.24) is 4.98 Å². The third-order valence-electron chi connectivity index (χ3n) is 2.50. The van der Waals surface area contributed by atoms with Crippen LogP contribution >= 0.6 is 0 Å². The Morgan fingerprint density at radius 1 is 1.37 bits per heavy atom. The number of hydrogen-bond donors (Lipinski definition) is 2. The number of carbonyl (C=O) groups excluding carboxylic acids is 1. The van der Waals surface area contributed by atoms with Gasteiger partial charge in [0.15, 0.2) is 0 Å². The lowest BCUT2D eigenvalue weighted by Crippen LogP contribution is -2.15. The van der Waals surface area contributed by atoms with Gasteiger partial charge in [-0.05, 0) is 24.3 Å². The van der Waals surface area contributed by atoms with Crippen molar-refractivity contribution in [1.29, 1.82) is 0 Å². The van der Waals surface area contributed by atoms with E-state index in [0.717, 1.165) is 6.20 Å². The Morgan fingerprint density at radius 2 is 2.16 bits per heavy atom. The van der Waals surface area contributed by atoms with Crippen molar-refractivity contribution in [2.75, 3.05) is 18.2 Å². The average molecular weight is 261 g/mol. The number of anilines is 2. The minimum Gasteiger partial charge on any atom is -0.495 e. The molecule has 2 rings (SSSR count). The Hall–Kier alpha value is -2.63. The fourth-order valence-electron chi connectivity index (χ4n) is 1.55. The number of nitrogens with one attached hydrogen (secondary N) is 1. The highest BCUT2D eigenvalue weighted by atomic mass is 19.1. The minimum absolute atomic E-state index is 0.240. The molecule has 6 heteroatoms. The van der Waals surface area contributed by atoms with Gasteiger partial charge in [0, 0.05) is 0 Å². The fourth-order valence-corrected chi connectivity index (χ4v) is 1.55. The highest BCUT2D eigenvalue weighted by molar-refractivity contribution is 6.08. The van der Waals surface area contributed by atoms with Crippen molar-refractivity contribution in [2.45, 2.75) is 0 Å². The highest BCUT2D eigenvalue weighted by Crippen LogP contribution is 2.25. The lowest BCUT2D eigenvalue weighted by Gasteiger charge is -2.09. The second-order valence-electron chi connectivity index (χ2n) is 3.74. The van der Waals surface area contributed by atoms with E-state index in [0.29, 0.717) is 5.75 Å². The summed E-state index contributed by atoms with van der Waals surface area (Å²) >= 11 is 0. The average Bonchev–Trinajstić information content (AvgIpc) is 2.41. The largest absolute Gasteiger partial charge is 0.495 e. The van der Waals surface area contributed by atoms with E-state index < -0.39 is 11.7 Å². The summed E-state index contributed by atoms with van der Waals surface area (Å²) in [5, 5.41) is 2.53. The van der Waals surface area contributed by atoms with Crippen LogP contribution < -0.4 is 15.8 Å². The number of nitrogens with two attached hydrogens (primary N) is 1. The van der Waals surface area contributed by atoms with E-state index in [2.05, 4.69) is 10.3 Å². The molecule has 0 spiro atoms. The molecule has 1 amide bonds. The number of rotatable bonds is 3. The van der Waals surface area contributed by atoms with Crippen molar-refractivity contribution < 1.29 is 13.9 Å². The number of ether oxygens (including phenoxy) is 1. The SMILES string of the molecule is COc1cccc(C(=O)Nc2ccc(F)cn2)c1N. The molecule has 0 saturated heterocycles. The number of carbonyl (C=O) groups is 1. The third-order valence-corrected chi connectivity index (χ3v) is 2.50. The summed E-state index contributed by atoms with van der Waals surface area (Å²) in [7, 11) is 1.47. The van der Waals surface area contributed by atoms with Crippen LogP contribution in [-0.2, 0) is 0 Å². The number of hydrogen-bond acceptors (Lipinski definition) is 4. The van der Waals surface area contributed by atoms with Crippen molar-refractivity contribution in [3.05, 3.63) is 47.9 Å². The monoisotopic (exact) mass is 261 g/mol. The van der Waals surface area contributed by atoms with E-state index in [1.165, 1.54) is 19.2 Å². The van der Waals surface area contributed by atoms with Crippen LogP contribution in [0.4, 0.5) is 15.9 Å². The van der Waals surface area contributed by atoms with Gasteiger partial charge in [-0.1, -0.05) is 6.07 Å². The van der Waals surface area contributed by atoms with Gasteiger partial charge in [0.05, 0.1) is 24.6 Å². The summed E-state index contributed by atoms with van der Waals surface area (Å²) in [6.07, 6.45) is 1.02. The molecule has 0 aliphatic carbocycles. The van der Waals surface area contributed by atoms with E-state index in [1.807, 2.05) is 0 Å². The first-order valence-corrected chi connectivity index (χ1v) is 5.47. The lowest BCUT2D eigenvalue weighted by molar-refractivity contribution is 0.102. The van der Waals surface area contributed by atoms with Crippen LogP contribution in [0.1, 0.15) is 10.4 Å². The molecule has 0 radical (unpaired) electrons. The predicted molar refractivity (Wildman–Crippen MR) is 69.6 cm³/mol. The smallest absolute Gasteiger partial charge is 0.259 e. The lowest BCUT2D eigenvalue weighted by atomic mass is 10.1. The van der Waals surface area contributed by atoms with Crippen LogP contribution in [0.25, 0.3) is 0 Å². The molecule has 19 heavy (non-hydrogen) atoms. The molecule has 0 aliphatic heterocycles. The molecule has 0 bridgehead atoms. The maximum Gasteiger partial charge on any atom is 0.259 e. The summed E-state index contributed by atoms with van der Waals surface area (Å²) in [6, 6.07) is 7.45. The molecule has 1 heterocycles. The number of nitrogens with zero attached hydrogens (tertiary/aromatic N) is 1. The minimum atomic E-state index is -0.473. The van der Waals surface area contributed by atoms with Crippen LogP contribution in [0.2, 0.25) is 0 Å². The molecule has 2 aromatic rings. The number of halogens is 1. The van der Waals surface area contributed by atoms with Gasteiger partial charge >= 0.3 is 0 Å². The Bertz CT molecular complexity index is 599. The second-order valence-corrected chi connectivity index (χ2v) is 3.74. The molecule has 0 saturated carbocycles. The van der Waals surface area contributed by atoms with E-state index >= 15 is 0 Å². The summed E-state index contributed by atoms with van der Waals surface area (Å²) < 4.78 is 17.7. The van der Waals surface area contributed by atoms with Gasteiger partial charge in [-0.25, -0.2) is 9.37 Å². The summed E-state index contributed by atoms with van der Waals surface area (Å²) in [6.45, 7) is 0. The molecule has 3 N–H and O–H groups in total. The molecule has 1 aromatic carbocycles. The Labute approximate surface area is 109 Å². The molecule has 98 valence electrons. The summed E-state index contributed by atoms with van der Waals surface area (Å²) in [4.78, 5) is 15.7. The zero-order valence-corrected chi connectivity index (χ0v) is 10.2. The Kier molecular flexibility index (Phi) is 3.61. The van der Waals surface area contributed by atoms with Crippen molar-refractivity contribution >= 4 is 17.4 Å². The van der Waals surface area contributed by atoms with Crippen molar-refractivity contribution in [3.63, 3.8) is 0 Å². The predicted octanol–water partition coefficient (Wildman–Crippen LogP) is 2.06. The van der Waals surface area contributed by atoms with Gasteiger partial charge in [-0.2, -0.15) is 0 Å². The van der Waals surface area contributed by atoms with E-state index in [1.54, 1.807) is 18.2 Å². The van der Waals surface area contributed by atoms with Crippen LogP contribution in [-0.4, -0.2) is 18.0 Å². The second kappa shape index (κ2) is 5.34. The van der Waals surface area contributed by atoms with E-state index in [-0.39, 0.29) is 17.1 Å². The Balaban J connectivity index is 2.23. The standard InChI is InChI=1S/C13H12FN3O2/c1-19-10-4-2-3-9(12(10)15)13(18)17-11-6-5-8(14)7-16-11/h2-7H,15H2,1H3,(H,16,17,18). The number of benzene rings is 1. The van der Waals surface area contributed by atoms with Gasteiger partial charge in [-0.3, -0.25) is 4.79 Å². The number of methoxy groups -OCH3 is 1. The van der Waals surface area contributed by atoms with Gasteiger partial charge in [0.1, 0.15) is 17.4 Å².